The summed E-state index contributed by atoms with van der Waals surface area (Å²) in [6, 6.07) is 22.9. The second-order valence-electron chi connectivity index (χ2n) is 7.75. The standard InChI is InChI=1S/C25H24N4O2/c1-29(2)15-16-8-11-19(12-9-16)27-23(17-6-4-3-5-7-17)22-20-13-10-18(24(26)30)14-21(20)28-25(22)31/h3-14,27H,15H2,1-2H3,(H2,26,30)(H,28,31)/b23-22-. The van der Waals surface area contributed by atoms with Gasteiger partial charge in [0.25, 0.3) is 5.91 Å². The van der Waals surface area contributed by atoms with E-state index in [0.717, 1.165) is 23.4 Å². The number of nitrogens with two attached hydrogens (primary N) is 1. The van der Waals surface area contributed by atoms with Gasteiger partial charge in [0.05, 0.1) is 11.3 Å². The van der Waals surface area contributed by atoms with Crippen molar-refractivity contribution in [1.29, 1.82) is 0 Å². The molecule has 2 amide bonds. The first-order valence-electron chi connectivity index (χ1n) is 9.98. The molecule has 3 aromatic rings. The third kappa shape index (κ3) is 4.34. The van der Waals surface area contributed by atoms with Crippen molar-refractivity contribution in [3.8, 4) is 0 Å². The van der Waals surface area contributed by atoms with E-state index >= 15 is 0 Å². The van der Waals surface area contributed by atoms with E-state index in [1.54, 1.807) is 18.2 Å². The normalized spacial score (nSPS) is 14.2. The highest BCUT2D eigenvalue weighted by Crippen LogP contribution is 2.38. The predicted molar refractivity (Wildman–Crippen MR) is 124 cm³/mol. The van der Waals surface area contributed by atoms with Gasteiger partial charge in [0.1, 0.15) is 0 Å². The number of anilines is 2. The predicted octanol–water partition coefficient (Wildman–Crippen LogP) is 3.78. The van der Waals surface area contributed by atoms with Crippen molar-refractivity contribution in [2.24, 2.45) is 5.73 Å². The third-order valence-corrected chi connectivity index (χ3v) is 5.08. The summed E-state index contributed by atoms with van der Waals surface area (Å²) >= 11 is 0. The molecule has 0 aromatic heterocycles. The molecule has 1 heterocycles. The van der Waals surface area contributed by atoms with Gasteiger partial charge in [-0.2, -0.15) is 0 Å². The molecule has 31 heavy (non-hydrogen) atoms. The van der Waals surface area contributed by atoms with Crippen molar-refractivity contribution in [2.45, 2.75) is 6.54 Å². The number of fused-ring (bicyclic) bond motifs is 1. The zero-order chi connectivity index (χ0) is 22.0. The Labute approximate surface area is 181 Å². The lowest BCUT2D eigenvalue weighted by Crippen LogP contribution is -2.11. The number of amides is 2. The average Bonchev–Trinajstić information content (AvgIpc) is 3.08. The van der Waals surface area contributed by atoms with Crippen LogP contribution in [-0.2, 0) is 11.3 Å². The van der Waals surface area contributed by atoms with Gasteiger partial charge in [-0.25, -0.2) is 0 Å². The number of nitrogens with zero attached hydrogens (tertiary/aromatic N) is 1. The van der Waals surface area contributed by atoms with E-state index in [2.05, 4.69) is 27.7 Å². The van der Waals surface area contributed by atoms with Crippen molar-refractivity contribution in [1.82, 2.24) is 4.90 Å². The summed E-state index contributed by atoms with van der Waals surface area (Å²) in [5.74, 6) is -0.763. The van der Waals surface area contributed by atoms with Crippen LogP contribution in [0.1, 0.15) is 27.0 Å². The molecule has 1 aliphatic rings. The Balaban J connectivity index is 1.79. The highest BCUT2D eigenvalue weighted by atomic mass is 16.2. The van der Waals surface area contributed by atoms with Crippen LogP contribution in [0.5, 0.6) is 0 Å². The zero-order valence-electron chi connectivity index (χ0n) is 17.5. The minimum absolute atomic E-state index is 0.229. The molecule has 0 fully saturated rings. The number of primary amides is 1. The molecular weight excluding hydrogens is 388 g/mol. The third-order valence-electron chi connectivity index (χ3n) is 5.08. The van der Waals surface area contributed by atoms with Crippen molar-refractivity contribution in [3.63, 3.8) is 0 Å². The lowest BCUT2D eigenvalue weighted by atomic mass is 9.99. The smallest absolute Gasteiger partial charge is 0.258 e. The first-order valence-corrected chi connectivity index (χ1v) is 9.98. The number of carbonyl (C=O) groups excluding carboxylic acids is 2. The summed E-state index contributed by atoms with van der Waals surface area (Å²) in [5.41, 5.74) is 11.2. The first-order chi connectivity index (χ1) is 14.9. The maximum absolute atomic E-state index is 13.0. The second-order valence-corrected chi connectivity index (χ2v) is 7.75. The van der Waals surface area contributed by atoms with Crippen LogP contribution >= 0.6 is 0 Å². The summed E-state index contributed by atoms with van der Waals surface area (Å²) in [6.45, 7) is 0.852. The summed E-state index contributed by atoms with van der Waals surface area (Å²) in [7, 11) is 4.06. The lowest BCUT2D eigenvalue weighted by molar-refractivity contribution is -0.110. The topological polar surface area (TPSA) is 87.5 Å². The maximum Gasteiger partial charge on any atom is 0.258 e. The van der Waals surface area contributed by atoms with Crippen LogP contribution < -0.4 is 16.4 Å². The molecule has 0 radical (unpaired) electrons. The fraction of sp³-hybridized carbons (Fsp3) is 0.120. The maximum atomic E-state index is 13.0. The van der Waals surface area contributed by atoms with Crippen LogP contribution in [0, 0.1) is 0 Å². The molecule has 0 bridgehead atoms. The fourth-order valence-electron chi connectivity index (χ4n) is 3.66. The highest BCUT2D eigenvalue weighted by molar-refractivity contribution is 6.37. The molecule has 1 aliphatic heterocycles. The molecule has 3 aromatic carbocycles. The van der Waals surface area contributed by atoms with Crippen molar-refractivity contribution >= 4 is 34.5 Å². The minimum Gasteiger partial charge on any atom is -0.366 e. The van der Waals surface area contributed by atoms with Crippen LogP contribution in [-0.4, -0.2) is 30.8 Å². The number of hydrogen-bond donors (Lipinski definition) is 3. The van der Waals surface area contributed by atoms with E-state index in [4.69, 9.17) is 5.73 Å². The molecule has 0 unspecified atom stereocenters. The van der Waals surface area contributed by atoms with Gasteiger partial charge in [-0.05, 0) is 49.5 Å². The number of hydrogen-bond acceptors (Lipinski definition) is 4. The molecule has 0 saturated carbocycles. The Bertz CT molecular complexity index is 1170. The molecule has 0 spiro atoms. The molecule has 0 saturated heterocycles. The number of benzene rings is 3. The molecule has 4 N–H and O–H groups in total. The van der Waals surface area contributed by atoms with Crippen LogP contribution in [0.4, 0.5) is 11.4 Å². The van der Waals surface area contributed by atoms with E-state index in [-0.39, 0.29) is 5.91 Å². The van der Waals surface area contributed by atoms with E-state index in [1.165, 1.54) is 5.56 Å². The Morgan fingerprint density at radius 3 is 2.32 bits per heavy atom. The van der Waals surface area contributed by atoms with Gasteiger partial charge in [0, 0.05) is 29.0 Å². The monoisotopic (exact) mass is 412 g/mol. The summed E-state index contributed by atoms with van der Waals surface area (Å²) in [4.78, 5) is 26.6. The van der Waals surface area contributed by atoms with Crippen molar-refractivity contribution < 1.29 is 9.59 Å². The quantitative estimate of drug-likeness (QED) is 0.538. The molecule has 0 aliphatic carbocycles. The van der Waals surface area contributed by atoms with Crippen LogP contribution in [0.15, 0.2) is 72.8 Å². The summed E-state index contributed by atoms with van der Waals surface area (Å²) in [5, 5.41) is 6.30. The van der Waals surface area contributed by atoms with Crippen molar-refractivity contribution in [3.05, 3.63) is 95.1 Å². The lowest BCUT2D eigenvalue weighted by Gasteiger charge is -2.16. The van der Waals surface area contributed by atoms with Gasteiger partial charge < -0.3 is 21.3 Å². The van der Waals surface area contributed by atoms with Gasteiger partial charge in [-0.1, -0.05) is 48.5 Å². The minimum atomic E-state index is -0.534. The Kier molecular flexibility index (Phi) is 5.56. The highest BCUT2D eigenvalue weighted by Gasteiger charge is 2.29. The number of carbonyl (C=O) groups is 2. The second kappa shape index (κ2) is 8.45. The van der Waals surface area contributed by atoms with Crippen molar-refractivity contribution in [2.75, 3.05) is 24.7 Å². The zero-order valence-corrected chi connectivity index (χ0v) is 17.5. The van der Waals surface area contributed by atoms with Crippen LogP contribution in [0.2, 0.25) is 0 Å². The SMILES string of the molecule is CN(C)Cc1ccc(N/C(=C2\C(=O)Nc3cc(C(N)=O)ccc32)c2ccccc2)cc1. The van der Waals surface area contributed by atoms with Gasteiger partial charge in [-0.15, -0.1) is 0 Å². The molecule has 0 atom stereocenters. The van der Waals surface area contributed by atoms with E-state index < -0.39 is 5.91 Å². The summed E-state index contributed by atoms with van der Waals surface area (Å²) < 4.78 is 0. The van der Waals surface area contributed by atoms with Gasteiger partial charge in [0.2, 0.25) is 5.91 Å². The Morgan fingerprint density at radius 2 is 1.68 bits per heavy atom. The van der Waals surface area contributed by atoms with Gasteiger partial charge >= 0.3 is 0 Å². The van der Waals surface area contributed by atoms with Gasteiger partial charge in [-0.3, -0.25) is 9.59 Å². The summed E-state index contributed by atoms with van der Waals surface area (Å²) in [6.07, 6.45) is 0. The Hall–Kier alpha value is -3.90. The first kappa shape index (κ1) is 20.4. The van der Waals surface area contributed by atoms with Gasteiger partial charge in [0.15, 0.2) is 0 Å². The van der Waals surface area contributed by atoms with E-state index in [1.807, 2.05) is 56.6 Å². The largest absolute Gasteiger partial charge is 0.366 e. The van der Waals surface area contributed by atoms with Crippen LogP contribution in [0.3, 0.4) is 0 Å². The number of nitrogens with one attached hydrogen (secondary N) is 2. The number of rotatable bonds is 6. The molecule has 4 rings (SSSR count). The molecule has 156 valence electrons. The molecule has 6 nitrogen and oxygen atoms in total. The Morgan fingerprint density at radius 1 is 0.968 bits per heavy atom. The van der Waals surface area contributed by atoms with Crippen LogP contribution in [0.25, 0.3) is 11.3 Å². The average molecular weight is 412 g/mol. The van der Waals surface area contributed by atoms with E-state index in [0.29, 0.717) is 22.5 Å². The molecular formula is C25H24N4O2. The fourth-order valence-corrected chi connectivity index (χ4v) is 3.66. The molecule has 6 heteroatoms. The van der Waals surface area contributed by atoms with E-state index in [9.17, 15) is 9.59 Å².